The number of rotatable bonds is 8. The fraction of sp³-hybridized carbons (Fsp3) is 0.263. The molecule has 144 valence electrons. The van der Waals surface area contributed by atoms with Crippen molar-refractivity contribution in [1.29, 1.82) is 0 Å². The van der Waals surface area contributed by atoms with Crippen molar-refractivity contribution in [1.82, 2.24) is 10.0 Å². The van der Waals surface area contributed by atoms with Crippen molar-refractivity contribution in [2.45, 2.75) is 31.2 Å². The van der Waals surface area contributed by atoms with E-state index < -0.39 is 15.9 Å². The molecule has 0 aromatic heterocycles. The molecule has 0 fully saturated rings. The first kappa shape index (κ1) is 20.6. The van der Waals surface area contributed by atoms with Crippen LogP contribution in [0.3, 0.4) is 0 Å². The summed E-state index contributed by atoms with van der Waals surface area (Å²) >= 11 is 0. The Bertz CT molecular complexity index is 939. The van der Waals surface area contributed by atoms with Crippen LogP contribution in [0.25, 0.3) is 0 Å². The molecule has 0 heterocycles. The summed E-state index contributed by atoms with van der Waals surface area (Å²) in [7, 11) is -3.67. The van der Waals surface area contributed by atoms with E-state index in [0.717, 1.165) is 5.56 Å². The number of carbonyl (C=O) groups is 2. The van der Waals surface area contributed by atoms with Crippen LogP contribution in [0.1, 0.15) is 40.1 Å². The lowest BCUT2D eigenvalue weighted by atomic mass is 10.1. The Labute approximate surface area is 159 Å². The van der Waals surface area contributed by atoms with Gasteiger partial charge in [-0.3, -0.25) is 9.59 Å². The molecule has 0 bridgehead atoms. The number of carbonyl (C=O) groups excluding carboxylic acids is 2. The quantitative estimate of drug-likeness (QED) is 0.633. The van der Waals surface area contributed by atoms with E-state index in [1.165, 1.54) is 18.2 Å². The highest BCUT2D eigenvalue weighted by atomic mass is 32.2. The van der Waals surface area contributed by atoms with Crippen molar-refractivity contribution in [3.05, 3.63) is 65.2 Å². The molecule has 0 atom stereocenters. The lowest BCUT2D eigenvalue weighted by Gasteiger charge is -2.11. The maximum absolute atomic E-state index is 12.3. The van der Waals surface area contributed by atoms with Gasteiger partial charge in [-0.2, -0.15) is 0 Å². The van der Waals surface area contributed by atoms with E-state index in [-0.39, 0.29) is 22.4 Å². The first-order valence-corrected chi connectivity index (χ1v) is 9.96. The van der Waals surface area contributed by atoms with Crippen molar-refractivity contribution in [2.24, 2.45) is 5.73 Å². The van der Waals surface area contributed by atoms with Crippen LogP contribution in [0, 0.1) is 0 Å². The predicted octanol–water partition coefficient (Wildman–Crippen LogP) is 1.44. The van der Waals surface area contributed by atoms with E-state index >= 15 is 0 Å². The highest BCUT2D eigenvalue weighted by Crippen LogP contribution is 2.12. The molecular formula is C19H23N3O4S. The van der Waals surface area contributed by atoms with Crippen LogP contribution in [-0.4, -0.2) is 32.8 Å². The van der Waals surface area contributed by atoms with Crippen LogP contribution >= 0.6 is 0 Å². The van der Waals surface area contributed by atoms with Crippen LogP contribution in [0.5, 0.6) is 0 Å². The highest BCUT2D eigenvalue weighted by Gasteiger charge is 2.17. The summed E-state index contributed by atoms with van der Waals surface area (Å²) < 4.78 is 26.9. The zero-order valence-electron chi connectivity index (χ0n) is 15.2. The number of amides is 2. The SMILES string of the molecule is CC(C)NS(=O)(=O)c1cccc(C(=O)NCCc2cccc(C(N)=O)c2)c1. The fourth-order valence-electron chi connectivity index (χ4n) is 2.49. The van der Waals surface area contributed by atoms with Gasteiger partial charge in [-0.05, 0) is 56.2 Å². The lowest BCUT2D eigenvalue weighted by molar-refractivity contribution is 0.0952. The minimum Gasteiger partial charge on any atom is -0.366 e. The molecular weight excluding hydrogens is 366 g/mol. The zero-order valence-corrected chi connectivity index (χ0v) is 16.0. The average Bonchev–Trinajstić information content (AvgIpc) is 2.61. The summed E-state index contributed by atoms with van der Waals surface area (Å²) in [6.07, 6.45) is 0.514. The lowest BCUT2D eigenvalue weighted by Crippen LogP contribution is -2.30. The fourth-order valence-corrected chi connectivity index (χ4v) is 3.78. The van der Waals surface area contributed by atoms with E-state index in [4.69, 9.17) is 5.73 Å². The van der Waals surface area contributed by atoms with Gasteiger partial charge >= 0.3 is 0 Å². The van der Waals surface area contributed by atoms with Crippen molar-refractivity contribution in [3.8, 4) is 0 Å². The number of hydrogen-bond donors (Lipinski definition) is 3. The number of sulfonamides is 1. The van der Waals surface area contributed by atoms with Gasteiger partial charge in [0.2, 0.25) is 15.9 Å². The van der Waals surface area contributed by atoms with Crippen LogP contribution in [0.15, 0.2) is 53.4 Å². The van der Waals surface area contributed by atoms with Gasteiger partial charge in [0.15, 0.2) is 0 Å². The van der Waals surface area contributed by atoms with Gasteiger partial charge in [0, 0.05) is 23.7 Å². The molecule has 0 spiro atoms. The van der Waals surface area contributed by atoms with Gasteiger partial charge in [0.25, 0.3) is 5.91 Å². The Balaban J connectivity index is 2.01. The molecule has 0 saturated heterocycles. The Morgan fingerprint density at radius 3 is 2.37 bits per heavy atom. The summed E-state index contributed by atoms with van der Waals surface area (Å²) in [6.45, 7) is 3.78. The molecule has 0 aliphatic heterocycles. The van der Waals surface area contributed by atoms with Gasteiger partial charge in [-0.15, -0.1) is 0 Å². The van der Waals surface area contributed by atoms with Gasteiger partial charge in [-0.25, -0.2) is 13.1 Å². The Morgan fingerprint density at radius 2 is 1.70 bits per heavy atom. The summed E-state index contributed by atoms with van der Waals surface area (Å²) in [5.41, 5.74) is 6.79. The Hall–Kier alpha value is -2.71. The summed E-state index contributed by atoms with van der Waals surface area (Å²) in [5.74, 6) is -0.878. The van der Waals surface area contributed by atoms with Crippen molar-refractivity contribution >= 4 is 21.8 Å². The number of benzene rings is 2. The molecule has 8 heteroatoms. The predicted molar refractivity (Wildman–Crippen MR) is 103 cm³/mol. The topological polar surface area (TPSA) is 118 Å². The second-order valence-corrected chi connectivity index (χ2v) is 8.09. The zero-order chi connectivity index (χ0) is 20.0. The van der Waals surface area contributed by atoms with E-state index in [9.17, 15) is 18.0 Å². The monoisotopic (exact) mass is 389 g/mol. The molecule has 2 rings (SSSR count). The van der Waals surface area contributed by atoms with Gasteiger partial charge in [-0.1, -0.05) is 18.2 Å². The van der Waals surface area contributed by atoms with E-state index in [2.05, 4.69) is 10.0 Å². The Kier molecular flexibility index (Phi) is 6.70. The molecule has 0 unspecified atom stereocenters. The Morgan fingerprint density at radius 1 is 1.04 bits per heavy atom. The molecule has 0 radical (unpaired) electrons. The second-order valence-electron chi connectivity index (χ2n) is 6.37. The third-order valence-corrected chi connectivity index (χ3v) is 5.36. The molecule has 4 N–H and O–H groups in total. The molecule has 0 aliphatic rings. The first-order valence-electron chi connectivity index (χ1n) is 8.48. The van der Waals surface area contributed by atoms with Gasteiger partial charge < -0.3 is 11.1 Å². The number of primary amides is 1. The number of nitrogens with one attached hydrogen (secondary N) is 2. The van der Waals surface area contributed by atoms with Gasteiger partial charge in [0.05, 0.1) is 4.90 Å². The smallest absolute Gasteiger partial charge is 0.251 e. The molecule has 2 amide bonds. The first-order chi connectivity index (χ1) is 12.7. The van der Waals surface area contributed by atoms with E-state index in [1.54, 1.807) is 38.1 Å². The minimum absolute atomic E-state index is 0.0398. The van der Waals surface area contributed by atoms with Crippen LogP contribution in [0.4, 0.5) is 0 Å². The molecule has 7 nitrogen and oxygen atoms in total. The third kappa shape index (κ3) is 5.90. The summed E-state index contributed by atoms with van der Waals surface area (Å²) in [5, 5.41) is 2.75. The highest BCUT2D eigenvalue weighted by molar-refractivity contribution is 7.89. The number of nitrogens with two attached hydrogens (primary N) is 1. The van der Waals surface area contributed by atoms with Crippen LogP contribution in [-0.2, 0) is 16.4 Å². The normalized spacial score (nSPS) is 11.4. The third-order valence-electron chi connectivity index (χ3n) is 3.71. The average molecular weight is 389 g/mol. The standard InChI is InChI=1S/C19H23N3O4S/c1-13(2)22-27(25,26)17-8-4-7-16(12-17)19(24)21-10-9-14-5-3-6-15(11-14)18(20)23/h3-8,11-13,22H,9-10H2,1-2H3,(H2,20,23)(H,21,24). The van der Waals surface area contributed by atoms with Gasteiger partial charge in [0.1, 0.15) is 0 Å². The second kappa shape index (κ2) is 8.79. The minimum atomic E-state index is -3.67. The van der Waals surface area contributed by atoms with Crippen LogP contribution in [0.2, 0.25) is 0 Å². The van der Waals surface area contributed by atoms with Crippen LogP contribution < -0.4 is 15.8 Å². The van der Waals surface area contributed by atoms with E-state index in [1.807, 2.05) is 6.07 Å². The molecule has 0 saturated carbocycles. The van der Waals surface area contributed by atoms with Crippen molar-refractivity contribution in [3.63, 3.8) is 0 Å². The maximum Gasteiger partial charge on any atom is 0.251 e. The summed E-state index contributed by atoms with van der Waals surface area (Å²) in [6, 6.07) is 12.5. The largest absolute Gasteiger partial charge is 0.366 e. The molecule has 27 heavy (non-hydrogen) atoms. The molecule has 2 aromatic carbocycles. The maximum atomic E-state index is 12.3. The molecule has 0 aliphatic carbocycles. The molecule has 2 aromatic rings. The number of hydrogen-bond acceptors (Lipinski definition) is 4. The summed E-state index contributed by atoms with van der Waals surface area (Å²) in [4.78, 5) is 23.5. The van der Waals surface area contributed by atoms with Crippen molar-refractivity contribution in [2.75, 3.05) is 6.54 Å². The van der Waals surface area contributed by atoms with E-state index in [0.29, 0.717) is 18.5 Å². The van der Waals surface area contributed by atoms with Crippen molar-refractivity contribution < 1.29 is 18.0 Å².